The monoisotopic (exact) mass is 538 g/mol. The predicted molar refractivity (Wildman–Crippen MR) is 136 cm³/mol. The highest BCUT2D eigenvalue weighted by Crippen LogP contribution is 2.34. The largest absolute Gasteiger partial charge is 0.485 e. The van der Waals surface area contributed by atoms with E-state index >= 15 is 0 Å². The molecule has 0 bridgehead atoms. The number of ether oxygens (including phenoxy) is 2. The normalized spacial score (nSPS) is 11.1. The first-order valence-corrected chi connectivity index (χ1v) is 11.5. The molecule has 0 aliphatic carbocycles. The summed E-state index contributed by atoms with van der Waals surface area (Å²) in [4.78, 5) is 23.4. The predicted octanol–water partition coefficient (Wildman–Crippen LogP) is 7.56. The maximum atomic E-state index is 13.0. The number of nitrogens with one attached hydrogen (secondary N) is 1. The van der Waals surface area contributed by atoms with Gasteiger partial charge < -0.3 is 19.2 Å². The van der Waals surface area contributed by atoms with Crippen LogP contribution in [0.25, 0.3) is 0 Å². The third-order valence-electron chi connectivity index (χ3n) is 5.35. The SMILES string of the molecule is C=CCc1ccccc1OCc1ccc(C(=O)Nc2cc(Oc3cccc(C(F)(F)F)c3)cc([N+](=O)[O-])c2)o1. The fourth-order valence-corrected chi connectivity index (χ4v) is 3.58. The van der Waals surface area contributed by atoms with Crippen molar-refractivity contribution in [1.29, 1.82) is 0 Å². The van der Waals surface area contributed by atoms with Crippen molar-refractivity contribution in [1.82, 2.24) is 0 Å². The van der Waals surface area contributed by atoms with Crippen molar-refractivity contribution in [3.8, 4) is 17.2 Å². The molecule has 1 heterocycles. The molecule has 4 aromatic rings. The van der Waals surface area contributed by atoms with Crippen LogP contribution in [-0.2, 0) is 19.2 Å². The summed E-state index contributed by atoms with van der Waals surface area (Å²) in [6.45, 7) is 3.77. The number of nitrogens with zero attached hydrogens (tertiary/aromatic N) is 1. The van der Waals surface area contributed by atoms with E-state index in [-0.39, 0.29) is 29.6 Å². The van der Waals surface area contributed by atoms with E-state index in [2.05, 4.69) is 11.9 Å². The van der Waals surface area contributed by atoms with Gasteiger partial charge in [-0.3, -0.25) is 14.9 Å². The number of para-hydroxylation sites is 1. The third-order valence-corrected chi connectivity index (χ3v) is 5.35. The van der Waals surface area contributed by atoms with Crippen LogP contribution in [0.15, 0.2) is 95.9 Å². The summed E-state index contributed by atoms with van der Waals surface area (Å²) >= 11 is 0. The van der Waals surface area contributed by atoms with Crippen LogP contribution in [0.1, 0.15) is 27.4 Å². The smallest absolute Gasteiger partial charge is 0.416 e. The lowest BCUT2D eigenvalue weighted by Crippen LogP contribution is -2.11. The molecule has 0 atom stereocenters. The molecular weight excluding hydrogens is 517 g/mol. The Labute approximate surface area is 220 Å². The van der Waals surface area contributed by atoms with Gasteiger partial charge in [-0.25, -0.2) is 0 Å². The summed E-state index contributed by atoms with van der Waals surface area (Å²) in [6, 6.07) is 17.8. The quantitative estimate of drug-likeness (QED) is 0.127. The van der Waals surface area contributed by atoms with Crippen molar-refractivity contribution in [2.24, 2.45) is 0 Å². The summed E-state index contributed by atoms with van der Waals surface area (Å²) in [6.07, 6.45) is -2.23. The van der Waals surface area contributed by atoms with Gasteiger partial charge in [-0.2, -0.15) is 13.2 Å². The van der Waals surface area contributed by atoms with Gasteiger partial charge in [0.15, 0.2) is 5.76 Å². The van der Waals surface area contributed by atoms with Gasteiger partial charge in [0.25, 0.3) is 11.6 Å². The molecule has 0 fully saturated rings. The number of nitro benzene ring substituents is 1. The number of halogens is 3. The van der Waals surface area contributed by atoms with Gasteiger partial charge in [-0.1, -0.05) is 30.3 Å². The van der Waals surface area contributed by atoms with Crippen LogP contribution in [0.4, 0.5) is 24.5 Å². The molecule has 1 amide bonds. The van der Waals surface area contributed by atoms with E-state index in [4.69, 9.17) is 13.9 Å². The summed E-state index contributed by atoms with van der Waals surface area (Å²) in [5, 5.41) is 13.9. The zero-order chi connectivity index (χ0) is 28.0. The Kier molecular flexibility index (Phi) is 7.99. The molecule has 0 unspecified atom stereocenters. The van der Waals surface area contributed by atoms with E-state index < -0.39 is 28.3 Å². The minimum atomic E-state index is -4.59. The first-order valence-electron chi connectivity index (χ1n) is 11.5. The highest BCUT2D eigenvalue weighted by atomic mass is 19.4. The second-order valence-corrected chi connectivity index (χ2v) is 8.21. The molecule has 1 aromatic heterocycles. The standard InChI is InChI=1S/C28H21F3N2O6/c1-2-6-18-7-3-4-10-25(18)37-17-23-11-12-26(39-23)27(34)32-20-14-21(33(35)36)16-24(15-20)38-22-9-5-8-19(13-22)28(29,30)31/h2-5,7-16H,1,6,17H2,(H,32,34). The molecule has 0 saturated heterocycles. The van der Waals surface area contributed by atoms with Gasteiger partial charge in [0.05, 0.1) is 22.2 Å². The van der Waals surface area contributed by atoms with Crippen LogP contribution in [0, 0.1) is 10.1 Å². The number of anilines is 1. The molecular formula is C28H21F3N2O6. The summed E-state index contributed by atoms with van der Waals surface area (Å²) < 4.78 is 55.8. The molecule has 3 aromatic carbocycles. The topological polar surface area (TPSA) is 104 Å². The maximum absolute atomic E-state index is 13.0. The van der Waals surface area contributed by atoms with Gasteiger partial charge >= 0.3 is 6.18 Å². The minimum Gasteiger partial charge on any atom is -0.485 e. The van der Waals surface area contributed by atoms with E-state index in [1.165, 1.54) is 18.2 Å². The maximum Gasteiger partial charge on any atom is 0.416 e. The van der Waals surface area contributed by atoms with Gasteiger partial charge in [0.1, 0.15) is 29.6 Å². The number of benzene rings is 3. The molecule has 4 rings (SSSR count). The molecule has 0 aliphatic rings. The average molecular weight is 538 g/mol. The fourth-order valence-electron chi connectivity index (χ4n) is 3.58. The number of allylic oxidation sites excluding steroid dienone is 1. The molecule has 39 heavy (non-hydrogen) atoms. The van der Waals surface area contributed by atoms with Crippen molar-refractivity contribution < 1.29 is 36.8 Å². The molecule has 11 heteroatoms. The molecule has 0 radical (unpaired) electrons. The number of furan rings is 1. The van der Waals surface area contributed by atoms with Crippen molar-refractivity contribution in [2.75, 3.05) is 5.32 Å². The summed E-state index contributed by atoms with van der Waals surface area (Å²) in [7, 11) is 0. The molecule has 0 spiro atoms. The summed E-state index contributed by atoms with van der Waals surface area (Å²) in [5.41, 5.74) is -0.475. The number of hydrogen-bond acceptors (Lipinski definition) is 6. The summed E-state index contributed by atoms with van der Waals surface area (Å²) in [5.74, 6) is -0.122. The molecule has 200 valence electrons. The van der Waals surface area contributed by atoms with E-state index in [1.54, 1.807) is 18.2 Å². The molecule has 0 saturated carbocycles. The second-order valence-electron chi connectivity index (χ2n) is 8.21. The van der Waals surface area contributed by atoms with Crippen LogP contribution in [0.3, 0.4) is 0 Å². The molecule has 8 nitrogen and oxygen atoms in total. The van der Waals surface area contributed by atoms with Crippen molar-refractivity contribution in [2.45, 2.75) is 19.2 Å². The van der Waals surface area contributed by atoms with Gasteiger partial charge in [0, 0.05) is 12.1 Å². The number of carbonyl (C=O) groups is 1. The second kappa shape index (κ2) is 11.5. The van der Waals surface area contributed by atoms with Crippen LogP contribution in [0.5, 0.6) is 17.2 Å². The Balaban J connectivity index is 1.48. The van der Waals surface area contributed by atoms with Crippen molar-refractivity contribution in [3.05, 3.63) is 124 Å². The third kappa shape index (κ3) is 7.04. The van der Waals surface area contributed by atoms with E-state index in [1.807, 2.05) is 18.2 Å². The lowest BCUT2D eigenvalue weighted by Gasteiger charge is -2.11. The number of amides is 1. The van der Waals surface area contributed by atoms with Gasteiger partial charge in [-0.15, -0.1) is 6.58 Å². The number of rotatable bonds is 10. The Bertz CT molecular complexity index is 1510. The number of alkyl halides is 3. The highest BCUT2D eigenvalue weighted by Gasteiger charge is 2.30. The lowest BCUT2D eigenvalue weighted by atomic mass is 10.1. The van der Waals surface area contributed by atoms with Crippen LogP contribution >= 0.6 is 0 Å². The Morgan fingerprint density at radius 3 is 2.56 bits per heavy atom. The van der Waals surface area contributed by atoms with Crippen LogP contribution in [-0.4, -0.2) is 10.8 Å². The van der Waals surface area contributed by atoms with Crippen LogP contribution in [0.2, 0.25) is 0 Å². The fraction of sp³-hybridized carbons (Fsp3) is 0.107. The molecule has 1 N–H and O–H groups in total. The Morgan fingerprint density at radius 2 is 1.82 bits per heavy atom. The minimum absolute atomic E-state index is 0.0243. The number of hydrogen-bond donors (Lipinski definition) is 1. The zero-order valence-corrected chi connectivity index (χ0v) is 20.2. The highest BCUT2D eigenvalue weighted by molar-refractivity contribution is 6.02. The Hall–Kier alpha value is -5.06. The Morgan fingerprint density at radius 1 is 1.03 bits per heavy atom. The first-order chi connectivity index (χ1) is 18.6. The van der Waals surface area contributed by atoms with Crippen LogP contribution < -0.4 is 14.8 Å². The number of carbonyl (C=O) groups excluding carboxylic acids is 1. The zero-order valence-electron chi connectivity index (χ0n) is 20.2. The first kappa shape index (κ1) is 27.0. The van der Waals surface area contributed by atoms with Crippen molar-refractivity contribution in [3.63, 3.8) is 0 Å². The van der Waals surface area contributed by atoms with Crippen molar-refractivity contribution >= 4 is 17.3 Å². The van der Waals surface area contributed by atoms with Gasteiger partial charge in [0.2, 0.25) is 0 Å². The number of non-ortho nitro benzene ring substituents is 1. The van der Waals surface area contributed by atoms with E-state index in [0.29, 0.717) is 17.9 Å². The lowest BCUT2D eigenvalue weighted by molar-refractivity contribution is -0.384. The average Bonchev–Trinajstić information content (AvgIpc) is 3.37. The molecule has 0 aliphatic heterocycles. The number of nitro groups is 1. The van der Waals surface area contributed by atoms with E-state index in [9.17, 15) is 28.1 Å². The van der Waals surface area contributed by atoms with E-state index in [0.717, 1.165) is 35.9 Å². The van der Waals surface area contributed by atoms with Gasteiger partial charge in [-0.05, 0) is 48.4 Å².